The van der Waals surface area contributed by atoms with Crippen LogP contribution in [0.5, 0.6) is 0 Å². The van der Waals surface area contributed by atoms with Crippen molar-refractivity contribution in [3.8, 4) is 0 Å². The van der Waals surface area contributed by atoms with E-state index < -0.39 is 0 Å². The average molecular weight is 417 g/mol. The van der Waals surface area contributed by atoms with Crippen LogP contribution in [-0.4, -0.2) is 51.9 Å². The zero-order chi connectivity index (χ0) is 20.4. The monoisotopic (exact) mass is 416 g/mol. The van der Waals surface area contributed by atoms with E-state index in [1.165, 1.54) is 29.7 Å². The molecule has 0 bridgehead atoms. The minimum Gasteiger partial charge on any atom is -0.344 e. The van der Waals surface area contributed by atoms with E-state index in [1.54, 1.807) is 20.8 Å². The summed E-state index contributed by atoms with van der Waals surface area (Å²) in [5.74, 6) is 0.744. The summed E-state index contributed by atoms with van der Waals surface area (Å²) in [4.78, 5) is 37.7. The van der Waals surface area contributed by atoms with Crippen molar-refractivity contribution in [2.45, 2.75) is 71.4 Å². The van der Waals surface area contributed by atoms with E-state index in [9.17, 15) is 9.59 Å². The number of hydrogen-bond donors (Lipinski definition) is 0. The zero-order valence-corrected chi connectivity index (χ0v) is 18.5. The van der Waals surface area contributed by atoms with Crippen molar-refractivity contribution in [3.05, 3.63) is 26.6 Å². The summed E-state index contributed by atoms with van der Waals surface area (Å²) in [6.07, 6.45) is 8.75. The third-order valence-electron chi connectivity index (χ3n) is 6.28. The van der Waals surface area contributed by atoms with Gasteiger partial charge in [-0.15, -0.1) is 11.3 Å². The van der Waals surface area contributed by atoms with E-state index >= 15 is 0 Å². The van der Waals surface area contributed by atoms with Crippen molar-refractivity contribution < 1.29 is 4.79 Å². The minimum atomic E-state index is -0.0131. The SMILES string of the molecule is CCCCN(C)C(=O)Cn1c(CN2CCCC2)nc2sc3c(c2c1=O)CCCC3. The van der Waals surface area contributed by atoms with Gasteiger partial charge in [0.1, 0.15) is 17.2 Å². The molecule has 1 aliphatic carbocycles. The van der Waals surface area contributed by atoms with Gasteiger partial charge >= 0.3 is 0 Å². The van der Waals surface area contributed by atoms with E-state index in [0.717, 1.165) is 67.8 Å². The molecule has 4 rings (SSSR count). The maximum absolute atomic E-state index is 13.6. The van der Waals surface area contributed by atoms with Crippen LogP contribution in [0.1, 0.15) is 61.7 Å². The number of carbonyl (C=O) groups excluding carboxylic acids is 1. The van der Waals surface area contributed by atoms with Crippen molar-refractivity contribution in [1.82, 2.24) is 19.4 Å². The first-order chi connectivity index (χ1) is 14.1. The molecule has 1 aliphatic heterocycles. The highest BCUT2D eigenvalue weighted by Gasteiger charge is 2.24. The van der Waals surface area contributed by atoms with Crippen LogP contribution in [-0.2, 0) is 30.7 Å². The maximum Gasteiger partial charge on any atom is 0.263 e. The number of carbonyl (C=O) groups is 1. The smallest absolute Gasteiger partial charge is 0.263 e. The van der Waals surface area contributed by atoms with Crippen LogP contribution in [0.3, 0.4) is 0 Å². The Kier molecular flexibility index (Phi) is 6.35. The van der Waals surface area contributed by atoms with Crippen LogP contribution in [0.15, 0.2) is 4.79 Å². The van der Waals surface area contributed by atoms with Crippen LogP contribution >= 0.6 is 11.3 Å². The molecule has 29 heavy (non-hydrogen) atoms. The van der Waals surface area contributed by atoms with Crippen LogP contribution < -0.4 is 5.56 Å². The second-order valence-electron chi connectivity index (χ2n) is 8.46. The Morgan fingerprint density at radius 2 is 1.93 bits per heavy atom. The Morgan fingerprint density at radius 3 is 2.69 bits per heavy atom. The van der Waals surface area contributed by atoms with Gasteiger partial charge in [-0.3, -0.25) is 19.1 Å². The molecule has 1 fully saturated rings. The van der Waals surface area contributed by atoms with Crippen molar-refractivity contribution in [2.75, 3.05) is 26.7 Å². The Balaban J connectivity index is 1.73. The van der Waals surface area contributed by atoms with E-state index in [0.29, 0.717) is 6.54 Å². The second-order valence-corrected chi connectivity index (χ2v) is 9.55. The molecule has 2 aromatic heterocycles. The normalized spacial score (nSPS) is 17.0. The van der Waals surface area contributed by atoms with Crippen molar-refractivity contribution in [2.24, 2.45) is 0 Å². The summed E-state index contributed by atoms with van der Waals surface area (Å²) >= 11 is 1.69. The largest absolute Gasteiger partial charge is 0.344 e. The van der Waals surface area contributed by atoms with Crippen LogP contribution in [0, 0.1) is 0 Å². The molecule has 6 nitrogen and oxygen atoms in total. The van der Waals surface area contributed by atoms with Gasteiger partial charge in [0.15, 0.2) is 0 Å². The number of unbranched alkanes of at least 4 members (excludes halogenated alkanes) is 1. The fraction of sp³-hybridized carbons (Fsp3) is 0.682. The van der Waals surface area contributed by atoms with Crippen LogP contribution in [0.2, 0.25) is 0 Å². The number of aromatic nitrogens is 2. The second kappa shape index (κ2) is 8.96. The van der Waals surface area contributed by atoms with Crippen molar-refractivity contribution >= 4 is 27.5 Å². The first kappa shape index (κ1) is 20.5. The minimum absolute atomic E-state index is 0.00605. The summed E-state index contributed by atoms with van der Waals surface area (Å²) in [7, 11) is 1.83. The molecule has 2 aliphatic rings. The lowest BCUT2D eigenvalue weighted by Gasteiger charge is -2.21. The highest BCUT2D eigenvalue weighted by Crippen LogP contribution is 2.34. The molecular weight excluding hydrogens is 384 g/mol. The molecule has 0 aromatic carbocycles. The molecule has 158 valence electrons. The number of fused-ring (bicyclic) bond motifs is 3. The predicted molar refractivity (Wildman–Crippen MR) is 118 cm³/mol. The van der Waals surface area contributed by atoms with Crippen molar-refractivity contribution in [1.29, 1.82) is 0 Å². The van der Waals surface area contributed by atoms with Gasteiger partial charge in [0.05, 0.1) is 11.9 Å². The van der Waals surface area contributed by atoms with Gasteiger partial charge in [0.25, 0.3) is 5.56 Å². The van der Waals surface area contributed by atoms with Gasteiger partial charge in [-0.1, -0.05) is 13.3 Å². The Bertz CT molecular complexity index is 942. The molecule has 0 saturated carbocycles. The molecule has 0 radical (unpaired) electrons. The highest BCUT2D eigenvalue weighted by atomic mass is 32.1. The van der Waals surface area contributed by atoms with Gasteiger partial charge in [-0.2, -0.15) is 0 Å². The highest BCUT2D eigenvalue weighted by molar-refractivity contribution is 7.18. The van der Waals surface area contributed by atoms with Gasteiger partial charge in [0.2, 0.25) is 5.91 Å². The quantitative estimate of drug-likeness (QED) is 0.696. The van der Waals surface area contributed by atoms with Gasteiger partial charge < -0.3 is 4.90 Å². The maximum atomic E-state index is 13.6. The first-order valence-corrected chi connectivity index (χ1v) is 11.9. The molecule has 0 atom stereocenters. The molecule has 7 heteroatoms. The summed E-state index contributed by atoms with van der Waals surface area (Å²) in [6, 6.07) is 0. The molecule has 2 aromatic rings. The average Bonchev–Trinajstić information content (AvgIpc) is 3.36. The molecule has 0 unspecified atom stereocenters. The molecule has 1 saturated heterocycles. The zero-order valence-electron chi connectivity index (χ0n) is 17.7. The summed E-state index contributed by atoms with van der Waals surface area (Å²) < 4.78 is 1.67. The third-order valence-corrected chi connectivity index (χ3v) is 7.47. The molecule has 0 spiro atoms. The van der Waals surface area contributed by atoms with Gasteiger partial charge in [-0.05, 0) is 63.6 Å². The molecular formula is C22H32N4O2S. The number of likely N-dealkylation sites (tertiary alicyclic amines) is 1. The fourth-order valence-electron chi connectivity index (χ4n) is 4.48. The standard InChI is InChI=1S/C22H32N4O2S/c1-3-4-11-24(2)19(27)15-26-18(14-25-12-7-8-13-25)23-21-20(22(26)28)16-9-5-6-10-17(16)29-21/h3-15H2,1-2H3. The number of hydrogen-bond acceptors (Lipinski definition) is 5. The summed E-state index contributed by atoms with van der Waals surface area (Å²) in [5, 5.41) is 0.777. The van der Waals surface area contributed by atoms with E-state index in [1.807, 2.05) is 7.05 Å². The Hall–Kier alpha value is -1.73. The van der Waals surface area contributed by atoms with E-state index in [-0.39, 0.29) is 18.0 Å². The number of thiophene rings is 1. The number of rotatable bonds is 7. The molecule has 0 N–H and O–H groups in total. The van der Waals surface area contributed by atoms with E-state index in [2.05, 4.69) is 11.8 Å². The van der Waals surface area contributed by atoms with Crippen molar-refractivity contribution in [3.63, 3.8) is 0 Å². The predicted octanol–water partition coefficient (Wildman–Crippen LogP) is 3.19. The lowest BCUT2D eigenvalue weighted by Crippen LogP contribution is -2.37. The Morgan fingerprint density at radius 1 is 1.17 bits per heavy atom. The lowest BCUT2D eigenvalue weighted by atomic mass is 9.97. The molecule has 3 heterocycles. The third kappa shape index (κ3) is 4.26. The number of nitrogens with zero attached hydrogens (tertiary/aromatic N) is 4. The van der Waals surface area contributed by atoms with Crippen LogP contribution in [0.25, 0.3) is 10.2 Å². The van der Waals surface area contributed by atoms with Gasteiger partial charge in [-0.25, -0.2) is 4.98 Å². The number of amides is 1. The first-order valence-electron chi connectivity index (χ1n) is 11.1. The topological polar surface area (TPSA) is 58.4 Å². The number of likely N-dealkylation sites (N-methyl/N-ethyl adjacent to an activating group) is 1. The fourth-order valence-corrected chi connectivity index (χ4v) is 5.75. The van der Waals surface area contributed by atoms with Gasteiger partial charge in [0, 0.05) is 18.5 Å². The van der Waals surface area contributed by atoms with Crippen LogP contribution in [0.4, 0.5) is 0 Å². The lowest BCUT2D eigenvalue weighted by molar-refractivity contribution is -0.130. The van der Waals surface area contributed by atoms with E-state index in [4.69, 9.17) is 4.98 Å². The number of aryl methyl sites for hydroxylation is 2. The summed E-state index contributed by atoms with van der Waals surface area (Å²) in [6.45, 7) is 5.68. The summed E-state index contributed by atoms with van der Waals surface area (Å²) in [5.41, 5.74) is 1.18. The molecule has 1 amide bonds. The Labute approximate surface area is 176 Å².